The monoisotopic (exact) mass is 307 g/mol. The lowest BCUT2D eigenvalue weighted by molar-refractivity contribution is 0.282. The van der Waals surface area contributed by atoms with Crippen LogP contribution in [0.15, 0.2) is 55.0 Å². The molecule has 0 aliphatic heterocycles. The number of aromatic nitrogens is 3. The fourth-order valence-electron chi connectivity index (χ4n) is 2.73. The molecule has 0 radical (unpaired) electrons. The van der Waals surface area contributed by atoms with Crippen molar-refractivity contribution in [1.82, 2.24) is 14.3 Å². The molecule has 3 heterocycles. The van der Waals surface area contributed by atoms with E-state index in [2.05, 4.69) is 25.4 Å². The van der Waals surface area contributed by atoms with Gasteiger partial charge in [0.05, 0.1) is 18.3 Å². The number of rotatable bonds is 2. The lowest BCUT2D eigenvalue weighted by atomic mass is 10.0. The van der Waals surface area contributed by atoms with E-state index in [9.17, 15) is 0 Å². The molecule has 0 amide bonds. The summed E-state index contributed by atoms with van der Waals surface area (Å²) in [5, 5.41) is 11.4. The zero-order valence-electron chi connectivity index (χ0n) is 11.8. The fraction of sp³-hybridized carbons (Fsp3) is 0.0588. The Bertz CT molecular complexity index is 976. The van der Waals surface area contributed by atoms with E-state index in [4.69, 9.17) is 5.11 Å². The van der Waals surface area contributed by atoms with Crippen LogP contribution in [-0.4, -0.2) is 19.4 Å². The van der Waals surface area contributed by atoms with Crippen molar-refractivity contribution >= 4 is 31.3 Å². The van der Waals surface area contributed by atoms with Gasteiger partial charge in [-0.25, -0.2) is 4.98 Å². The molecule has 4 rings (SSSR count). The number of hydrogen-bond acceptors (Lipinski definition) is 3. The molecule has 108 valence electrons. The molecule has 1 aromatic carbocycles. The second kappa shape index (κ2) is 5.16. The topological polar surface area (TPSA) is 50.9 Å². The average molecular weight is 307 g/mol. The third-order valence-electron chi connectivity index (χ3n) is 3.91. The predicted molar refractivity (Wildman–Crippen MR) is 91.5 cm³/mol. The lowest BCUT2D eigenvalue weighted by Crippen LogP contribution is -1.86. The molecule has 0 aliphatic carbocycles. The van der Waals surface area contributed by atoms with Crippen LogP contribution in [0.25, 0.3) is 33.1 Å². The van der Waals surface area contributed by atoms with Gasteiger partial charge in [0.15, 0.2) is 0 Å². The highest BCUT2D eigenvalue weighted by Crippen LogP contribution is 2.31. The molecule has 0 aliphatic rings. The molecule has 1 unspecified atom stereocenters. The molecule has 22 heavy (non-hydrogen) atoms. The highest BCUT2D eigenvalue weighted by atomic mass is 31.0. The first-order valence-electron chi connectivity index (χ1n) is 6.97. The first kappa shape index (κ1) is 13.4. The van der Waals surface area contributed by atoms with E-state index >= 15 is 0 Å². The van der Waals surface area contributed by atoms with E-state index in [0.717, 1.165) is 38.6 Å². The van der Waals surface area contributed by atoms with Gasteiger partial charge in [0.1, 0.15) is 5.65 Å². The van der Waals surface area contributed by atoms with Gasteiger partial charge in [-0.15, -0.1) is 0 Å². The molecule has 0 fully saturated rings. The van der Waals surface area contributed by atoms with Crippen LogP contribution in [0.5, 0.6) is 0 Å². The van der Waals surface area contributed by atoms with Crippen LogP contribution >= 0.6 is 9.39 Å². The molecule has 4 nitrogen and oxygen atoms in total. The third-order valence-corrected chi connectivity index (χ3v) is 4.44. The van der Waals surface area contributed by atoms with Crippen molar-refractivity contribution in [1.29, 1.82) is 0 Å². The number of nitrogens with zero attached hydrogens (tertiary/aromatic N) is 3. The lowest BCUT2D eigenvalue weighted by Gasteiger charge is -2.03. The number of fused-ring (bicyclic) bond motifs is 3. The molecular formula is C17H14N3OP. The standard InChI is InChI=1S/C17H14N3OP/c21-10-11-1-3-12(4-2-11)13-7-15-14-5-6-18-9-16(14)20(22)17(15)19-8-13/h1-9,21H,10,22H2. The van der Waals surface area contributed by atoms with Crippen molar-refractivity contribution in [3.8, 4) is 11.1 Å². The molecule has 0 saturated heterocycles. The molecule has 3 aromatic heterocycles. The number of aliphatic hydroxyl groups is 1. The van der Waals surface area contributed by atoms with E-state index in [1.807, 2.05) is 47.1 Å². The predicted octanol–water partition coefficient (Wildman–Crippen LogP) is 3.38. The van der Waals surface area contributed by atoms with Crippen LogP contribution < -0.4 is 0 Å². The number of benzene rings is 1. The average Bonchev–Trinajstić information content (AvgIpc) is 2.88. The largest absolute Gasteiger partial charge is 0.392 e. The van der Waals surface area contributed by atoms with Crippen molar-refractivity contribution in [3.63, 3.8) is 0 Å². The Kier molecular flexibility index (Phi) is 3.14. The van der Waals surface area contributed by atoms with Gasteiger partial charge < -0.3 is 9.44 Å². The summed E-state index contributed by atoms with van der Waals surface area (Å²) in [6.45, 7) is 0.0606. The Hall–Kier alpha value is -2.29. The molecule has 5 heteroatoms. The number of aliphatic hydroxyl groups excluding tert-OH is 1. The third kappa shape index (κ3) is 2.00. The van der Waals surface area contributed by atoms with Crippen LogP contribution in [0.2, 0.25) is 0 Å². The fourth-order valence-corrected chi connectivity index (χ4v) is 3.14. The van der Waals surface area contributed by atoms with Crippen LogP contribution in [0, 0.1) is 0 Å². The Labute approximate surface area is 129 Å². The minimum absolute atomic E-state index is 0.0606. The zero-order chi connectivity index (χ0) is 15.1. The van der Waals surface area contributed by atoms with Crippen molar-refractivity contribution < 1.29 is 5.11 Å². The van der Waals surface area contributed by atoms with Crippen LogP contribution in [0.4, 0.5) is 0 Å². The van der Waals surface area contributed by atoms with E-state index in [0.29, 0.717) is 0 Å². The maximum Gasteiger partial charge on any atom is 0.143 e. The number of pyridine rings is 2. The summed E-state index contributed by atoms with van der Waals surface area (Å²) in [4.78, 5) is 8.78. The van der Waals surface area contributed by atoms with E-state index < -0.39 is 0 Å². The molecule has 4 aromatic rings. The maximum atomic E-state index is 9.14. The van der Waals surface area contributed by atoms with E-state index in [-0.39, 0.29) is 6.61 Å². The molecule has 0 spiro atoms. The van der Waals surface area contributed by atoms with Gasteiger partial charge in [0.2, 0.25) is 0 Å². The quantitative estimate of drug-likeness (QED) is 0.578. The summed E-state index contributed by atoms with van der Waals surface area (Å²) in [6.07, 6.45) is 5.53. The SMILES string of the molecule is OCc1ccc(-c2cnc3c(c2)c2ccncc2n3P)cc1. The van der Waals surface area contributed by atoms with Gasteiger partial charge in [-0.05, 0) is 32.7 Å². The van der Waals surface area contributed by atoms with Gasteiger partial charge >= 0.3 is 0 Å². The molecular weight excluding hydrogens is 293 g/mol. The minimum Gasteiger partial charge on any atom is -0.392 e. The van der Waals surface area contributed by atoms with Gasteiger partial charge in [-0.1, -0.05) is 24.3 Å². The zero-order valence-corrected chi connectivity index (χ0v) is 12.9. The second-order valence-corrected chi connectivity index (χ2v) is 5.73. The van der Waals surface area contributed by atoms with Crippen LogP contribution in [-0.2, 0) is 6.61 Å². The molecule has 0 bridgehead atoms. The Morgan fingerprint density at radius 3 is 2.59 bits per heavy atom. The summed E-state index contributed by atoms with van der Waals surface area (Å²) in [6, 6.07) is 12.0. The molecule has 0 saturated carbocycles. The number of hydrogen-bond donors (Lipinski definition) is 1. The summed E-state index contributed by atoms with van der Waals surface area (Å²) in [7, 11) is 2.69. The Morgan fingerprint density at radius 1 is 1.00 bits per heavy atom. The molecule has 1 N–H and O–H groups in total. The summed E-state index contributed by atoms with van der Waals surface area (Å²) >= 11 is 0. The highest BCUT2D eigenvalue weighted by Gasteiger charge is 2.10. The summed E-state index contributed by atoms with van der Waals surface area (Å²) in [5.41, 5.74) is 5.02. The normalized spacial score (nSPS) is 11.4. The second-order valence-electron chi connectivity index (χ2n) is 5.21. The van der Waals surface area contributed by atoms with Crippen molar-refractivity contribution in [2.75, 3.05) is 0 Å². The van der Waals surface area contributed by atoms with Crippen molar-refractivity contribution in [2.24, 2.45) is 0 Å². The first-order chi connectivity index (χ1) is 10.8. The smallest absolute Gasteiger partial charge is 0.143 e. The van der Waals surface area contributed by atoms with E-state index in [1.165, 1.54) is 0 Å². The van der Waals surface area contributed by atoms with Crippen LogP contribution in [0.1, 0.15) is 5.56 Å². The first-order valence-corrected chi connectivity index (χ1v) is 7.49. The van der Waals surface area contributed by atoms with Gasteiger partial charge in [-0.3, -0.25) is 4.98 Å². The maximum absolute atomic E-state index is 9.14. The highest BCUT2D eigenvalue weighted by molar-refractivity contribution is 7.15. The Balaban J connectivity index is 1.94. The van der Waals surface area contributed by atoms with Gasteiger partial charge in [-0.2, -0.15) is 0 Å². The molecule has 1 atom stereocenters. The summed E-state index contributed by atoms with van der Waals surface area (Å²) in [5.74, 6) is 0. The van der Waals surface area contributed by atoms with Crippen LogP contribution in [0.3, 0.4) is 0 Å². The van der Waals surface area contributed by atoms with Crippen molar-refractivity contribution in [2.45, 2.75) is 6.61 Å². The van der Waals surface area contributed by atoms with Gasteiger partial charge in [0, 0.05) is 28.7 Å². The Morgan fingerprint density at radius 2 is 1.82 bits per heavy atom. The van der Waals surface area contributed by atoms with Gasteiger partial charge in [0.25, 0.3) is 0 Å². The van der Waals surface area contributed by atoms with Crippen molar-refractivity contribution in [3.05, 3.63) is 60.6 Å². The summed E-state index contributed by atoms with van der Waals surface area (Å²) < 4.78 is 1.98. The van der Waals surface area contributed by atoms with E-state index in [1.54, 1.807) is 6.20 Å². The minimum atomic E-state index is 0.0606.